The highest BCUT2D eigenvalue weighted by atomic mass is 16.7. The van der Waals surface area contributed by atoms with Gasteiger partial charge in [0.1, 0.15) is 0 Å². The van der Waals surface area contributed by atoms with Crippen LogP contribution in [0.5, 0.6) is 0 Å². The van der Waals surface area contributed by atoms with E-state index in [0.717, 1.165) is 10.6 Å². The van der Waals surface area contributed by atoms with E-state index in [2.05, 4.69) is 0 Å². The number of likely N-dealkylation sites (N-methyl/N-ethyl adjacent to an activating group) is 1. The Hall–Kier alpha value is -3.19. The van der Waals surface area contributed by atoms with Gasteiger partial charge in [-0.2, -0.15) is 0 Å². The fourth-order valence-electron chi connectivity index (χ4n) is 2.64. The molecule has 7 heteroatoms. The van der Waals surface area contributed by atoms with Gasteiger partial charge in [0, 0.05) is 29.7 Å². The molecule has 0 saturated heterocycles. The summed E-state index contributed by atoms with van der Waals surface area (Å²) in [6, 6.07) is 9.53. The normalized spacial score (nSPS) is 13.7. The lowest BCUT2D eigenvalue weighted by Gasteiger charge is -2.16. The molecule has 1 rings (SSSR count). The Morgan fingerprint density at radius 1 is 1.03 bits per heavy atom. The van der Waals surface area contributed by atoms with Crippen LogP contribution in [0.1, 0.15) is 25.8 Å². The van der Waals surface area contributed by atoms with E-state index >= 15 is 0 Å². The van der Waals surface area contributed by atoms with Crippen molar-refractivity contribution in [1.29, 1.82) is 0 Å². The highest BCUT2D eigenvalue weighted by molar-refractivity contribution is 5.93. The van der Waals surface area contributed by atoms with Crippen molar-refractivity contribution in [3.05, 3.63) is 70.8 Å². The number of benzene rings is 1. The van der Waals surface area contributed by atoms with Crippen molar-refractivity contribution in [3.8, 4) is 0 Å². The predicted octanol–water partition coefficient (Wildman–Crippen LogP) is 3.24. The molecule has 0 aliphatic carbocycles. The number of hydrogen-bond donors (Lipinski definition) is 2. The average Bonchev–Trinajstić information content (AvgIpc) is 2.70. The van der Waals surface area contributed by atoms with Gasteiger partial charge in [0.05, 0.1) is 7.11 Å². The van der Waals surface area contributed by atoms with Crippen molar-refractivity contribution in [2.45, 2.75) is 26.7 Å². The fraction of sp³-hybridized carbons (Fsp3) is 0.318. The maximum absolute atomic E-state index is 12.1. The van der Waals surface area contributed by atoms with Gasteiger partial charge in [-0.1, -0.05) is 48.6 Å². The topological polar surface area (TPSA) is 104 Å². The molecule has 7 nitrogen and oxygen atoms in total. The molecule has 1 unspecified atom stereocenters. The van der Waals surface area contributed by atoms with Crippen LogP contribution in [0.25, 0.3) is 0 Å². The lowest BCUT2D eigenvalue weighted by molar-refractivity contribution is -0.163. The summed E-state index contributed by atoms with van der Waals surface area (Å²) >= 11 is 0. The molecule has 1 atom stereocenters. The van der Waals surface area contributed by atoms with Crippen molar-refractivity contribution >= 4 is 17.8 Å². The number of carboxylic acids is 2. The van der Waals surface area contributed by atoms with Gasteiger partial charge in [-0.25, -0.2) is 14.7 Å². The monoisotopic (exact) mass is 401 g/mol. The molecule has 1 amide bonds. The zero-order chi connectivity index (χ0) is 22.0. The SMILES string of the molecule is CON(C)C(=O)C(C)=CC=C(C(=O)O)C(C=C(C)C(=O)O)CCc1ccccc1. The molecular weight excluding hydrogens is 374 g/mol. The molecule has 0 aromatic heterocycles. The molecule has 0 spiro atoms. The second-order valence-electron chi connectivity index (χ2n) is 6.55. The molecule has 0 bridgehead atoms. The van der Waals surface area contributed by atoms with Crippen molar-refractivity contribution in [1.82, 2.24) is 5.06 Å². The lowest BCUT2D eigenvalue weighted by atomic mass is 9.89. The predicted molar refractivity (Wildman–Crippen MR) is 109 cm³/mol. The number of amides is 1. The number of aryl methyl sites for hydroxylation is 1. The van der Waals surface area contributed by atoms with E-state index < -0.39 is 23.8 Å². The minimum absolute atomic E-state index is 0.00810. The Bertz CT molecular complexity index is 823. The van der Waals surface area contributed by atoms with Crippen molar-refractivity contribution in [2.24, 2.45) is 5.92 Å². The average molecular weight is 401 g/mol. The van der Waals surface area contributed by atoms with Crippen molar-refractivity contribution in [2.75, 3.05) is 14.2 Å². The number of hydroxylamine groups is 2. The van der Waals surface area contributed by atoms with Gasteiger partial charge in [-0.15, -0.1) is 0 Å². The van der Waals surface area contributed by atoms with E-state index in [4.69, 9.17) is 4.84 Å². The minimum atomic E-state index is -1.17. The molecule has 0 aliphatic rings. The smallest absolute Gasteiger partial charge is 0.332 e. The Labute approximate surface area is 170 Å². The largest absolute Gasteiger partial charge is 0.478 e. The summed E-state index contributed by atoms with van der Waals surface area (Å²) in [7, 11) is 2.80. The van der Waals surface area contributed by atoms with Crippen LogP contribution in [0.4, 0.5) is 0 Å². The summed E-state index contributed by atoms with van der Waals surface area (Å²) < 4.78 is 0. The second kappa shape index (κ2) is 11.6. The van der Waals surface area contributed by atoms with Gasteiger partial charge in [-0.05, 0) is 32.3 Å². The molecule has 1 aromatic rings. The van der Waals surface area contributed by atoms with E-state index in [-0.39, 0.29) is 16.7 Å². The maximum Gasteiger partial charge on any atom is 0.332 e. The van der Waals surface area contributed by atoms with E-state index in [9.17, 15) is 24.6 Å². The first-order valence-corrected chi connectivity index (χ1v) is 9.07. The summed E-state index contributed by atoms with van der Waals surface area (Å²) in [4.78, 5) is 40.0. The highest BCUT2D eigenvalue weighted by Gasteiger charge is 2.20. The van der Waals surface area contributed by atoms with E-state index in [1.165, 1.54) is 39.3 Å². The number of allylic oxidation sites excluding steroid dienone is 3. The third-order valence-corrected chi connectivity index (χ3v) is 4.43. The Balaban J connectivity index is 3.24. The van der Waals surface area contributed by atoms with Gasteiger partial charge in [0.2, 0.25) is 0 Å². The van der Waals surface area contributed by atoms with E-state index in [1.807, 2.05) is 30.3 Å². The zero-order valence-electron chi connectivity index (χ0n) is 17.1. The molecule has 156 valence electrons. The lowest BCUT2D eigenvalue weighted by Crippen LogP contribution is -2.25. The zero-order valence-corrected chi connectivity index (χ0v) is 17.1. The standard InChI is InChI=1S/C22H27NO6/c1-15(20(24)23(3)29-4)10-13-19(22(27)28)18(14-16(2)21(25)26)12-11-17-8-6-5-7-9-17/h5-10,13-14,18H,11-12H2,1-4H3,(H,25,26)(H,27,28). The third kappa shape index (κ3) is 7.75. The highest BCUT2D eigenvalue weighted by Crippen LogP contribution is 2.23. The van der Waals surface area contributed by atoms with Crippen LogP contribution in [-0.4, -0.2) is 47.3 Å². The van der Waals surface area contributed by atoms with Gasteiger partial charge in [0.25, 0.3) is 5.91 Å². The molecule has 0 fully saturated rings. The minimum Gasteiger partial charge on any atom is -0.478 e. The van der Waals surface area contributed by atoms with Crippen molar-refractivity contribution in [3.63, 3.8) is 0 Å². The van der Waals surface area contributed by atoms with Crippen molar-refractivity contribution < 1.29 is 29.4 Å². The van der Waals surface area contributed by atoms with Gasteiger partial charge in [-0.3, -0.25) is 9.63 Å². The first-order chi connectivity index (χ1) is 13.7. The number of nitrogens with zero attached hydrogens (tertiary/aromatic N) is 1. The second-order valence-corrected chi connectivity index (χ2v) is 6.55. The fourth-order valence-corrected chi connectivity index (χ4v) is 2.64. The van der Waals surface area contributed by atoms with Crippen LogP contribution < -0.4 is 0 Å². The van der Waals surface area contributed by atoms with Crippen LogP contribution in [0.2, 0.25) is 0 Å². The molecule has 0 saturated carbocycles. The first kappa shape index (κ1) is 23.8. The van der Waals surface area contributed by atoms with Crippen LogP contribution in [-0.2, 0) is 25.6 Å². The Morgan fingerprint density at radius 3 is 2.17 bits per heavy atom. The number of aliphatic carboxylic acids is 2. The van der Waals surface area contributed by atoms with Gasteiger partial charge >= 0.3 is 11.9 Å². The molecular formula is C22H27NO6. The quantitative estimate of drug-likeness (QED) is 0.354. The third-order valence-electron chi connectivity index (χ3n) is 4.43. The van der Waals surface area contributed by atoms with Gasteiger partial charge in [0.15, 0.2) is 0 Å². The van der Waals surface area contributed by atoms with Crippen LogP contribution in [0, 0.1) is 5.92 Å². The summed E-state index contributed by atoms with van der Waals surface area (Å²) in [5.74, 6) is -3.33. The molecule has 0 heterocycles. The Kier molecular flexibility index (Phi) is 9.55. The molecule has 1 aromatic carbocycles. The summed E-state index contributed by atoms with van der Waals surface area (Å²) in [6.45, 7) is 2.97. The number of carbonyl (C=O) groups excluding carboxylic acids is 1. The summed E-state index contributed by atoms with van der Waals surface area (Å²) in [5, 5.41) is 19.9. The summed E-state index contributed by atoms with van der Waals surface area (Å²) in [5.41, 5.74) is 1.38. The number of carbonyl (C=O) groups is 3. The van der Waals surface area contributed by atoms with Gasteiger partial charge < -0.3 is 10.2 Å². The van der Waals surface area contributed by atoms with E-state index in [1.54, 1.807) is 6.92 Å². The summed E-state index contributed by atoms with van der Waals surface area (Å²) in [6.07, 6.45) is 5.18. The maximum atomic E-state index is 12.1. The molecule has 29 heavy (non-hydrogen) atoms. The van der Waals surface area contributed by atoms with Crippen LogP contribution in [0.15, 0.2) is 65.3 Å². The van der Waals surface area contributed by atoms with E-state index in [0.29, 0.717) is 12.8 Å². The molecule has 2 N–H and O–H groups in total. The first-order valence-electron chi connectivity index (χ1n) is 9.07. The number of rotatable bonds is 10. The van der Waals surface area contributed by atoms with Crippen LogP contribution >= 0.6 is 0 Å². The molecule has 0 radical (unpaired) electrons. The Morgan fingerprint density at radius 2 is 1.66 bits per heavy atom. The number of hydrogen-bond acceptors (Lipinski definition) is 4. The molecule has 0 aliphatic heterocycles. The van der Waals surface area contributed by atoms with Crippen LogP contribution in [0.3, 0.4) is 0 Å². The number of carboxylic acid groups (broad SMARTS) is 2.